The highest BCUT2D eigenvalue weighted by molar-refractivity contribution is 5.99. The second-order valence-electron chi connectivity index (χ2n) is 7.79. The summed E-state index contributed by atoms with van der Waals surface area (Å²) >= 11 is 0. The van der Waals surface area contributed by atoms with Gasteiger partial charge in [0.25, 0.3) is 0 Å². The minimum Gasteiger partial charge on any atom is -0.355 e. The van der Waals surface area contributed by atoms with Gasteiger partial charge in [0.2, 0.25) is 5.91 Å². The predicted octanol–water partition coefficient (Wildman–Crippen LogP) is 3.11. The summed E-state index contributed by atoms with van der Waals surface area (Å²) in [6.45, 7) is 2.55. The Labute approximate surface area is 188 Å². The summed E-state index contributed by atoms with van der Waals surface area (Å²) in [5.41, 5.74) is 0.264. The lowest BCUT2D eigenvalue weighted by atomic mass is 10.0. The van der Waals surface area contributed by atoms with Gasteiger partial charge in [-0.25, -0.2) is 9.98 Å². The van der Waals surface area contributed by atoms with Crippen molar-refractivity contribution in [3.63, 3.8) is 0 Å². The van der Waals surface area contributed by atoms with Crippen molar-refractivity contribution in [3.05, 3.63) is 65.8 Å². The number of nitrogens with zero attached hydrogens (tertiary/aromatic N) is 6. The first kappa shape index (κ1) is 22.4. The first-order valence-electron chi connectivity index (χ1n) is 10.2. The quantitative estimate of drug-likeness (QED) is 0.746. The van der Waals surface area contributed by atoms with E-state index in [1.807, 2.05) is 31.0 Å². The van der Waals surface area contributed by atoms with Crippen LogP contribution in [-0.2, 0) is 11.0 Å². The number of anilines is 1. The molecule has 2 aromatic rings. The van der Waals surface area contributed by atoms with Crippen LogP contribution >= 0.6 is 0 Å². The molecule has 2 atom stereocenters. The number of hydrogen-bond donors (Lipinski definition) is 1. The van der Waals surface area contributed by atoms with E-state index in [0.717, 1.165) is 30.2 Å². The molecular formula is C22H22F3N7O. The molecule has 0 bridgehead atoms. The number of nitrogens with one attached hydrogen (secondary N) is 1. The Morgan fingerprint density at radius 1 is 1.24 bits per heavy atom. The van der Waals surface area contributed by atoms with Gasteiger partial charge in [-0.05, 0) is 42.8 Å². The number of aliphatic imine (C=N–C) groups is 2. The highest BCUT2D eigenvalue weighted by Crippen LogP contribution is 2.33. The van der Waals surface area contributed by atoms with Crippen molar-refractivity contribution in [1.29, 1.82) is 0 Å². The summed E-state index contributed by atoms with van der Waals surface area (Å²) in [4.78, 5) is 32.5. The molecule has 0 fully saturated rings. The number of pyridine rings is 2. The van der Waals surface area contributed by atoms with E-state index >= 15 is 0 Å². The second kappa shape index (κ2) is 9.00. The zero-order valence-corrected chi connectivity index (χ0v) is 18.0. The van der Waals surface area contributed by atoms with Gasteiger partial charge in [-0.1, -0.05) is 0 Å². The van der Waals surface area contributed by atoms with Gasteiger partial charge in [0.05, 0.1) is 25.0 Å². The Bertz CT molecular complexity index is 1110. The summed E-state index contributed by atoms with van der Waals surface area (Å²) in [7, 11) is 1.93. The zero-order chi connectivity index (χ0) is 23.6. The molecule has 0 aliphatic carbocycles. The molecule has 4 heterocycles. The van der Waals surface area contributed by atoms with Crippen LogP contribution in [0.5, 0.6) is 0 Å². The van der Waals surface area contributed by atoms with Gasteiger partial charge >= 0.3 is 6.18 Å². The Balaban J connectivity index is 1.36. The molecule has 0 saturated heterocycles. The Morgan fingerprint density at radius 3 is 2.76 bits per heavy atom. The number of carbonyl (C=O) groups excluding carboxylic acids is 1. The van der Waals surface area contributed by atoms with Gasteiger partial charge in [0.15, 0.2) is 0 Å². The summed E-state index contributed by atoms with van der Waals surface area (Å²) in [5.74, 6) is 0.874. The lowest BCUT2D eigenvalue weighted by Crippen LogP contribution is -2.37. The van der Waals surface area contributed by atoms with Crippen molar-refractivity contribution < 1.29 is 18.0 Å². The van der Waals surface area contributed by atoms with E-state index in [2.05, 4.69) is 25.3 Å². The highest BCUT2D eigenvalue weighted by Gasteiger charge is 2.35. The van der Waals surface area contributed by atoms with E-state index in [9.17, 15) is 18.0 Å². The molecular weight excluding hydrogens is 435 g/mol. The van der Waals surface area contributed by atoms with Crippen LogP contribution in [0.1, 0.15) is 29.8 Å². The van der Waals surface area contributed by atoms with Crippen molar-refractivity contribution in [2.75, 3.05) is 25.5 Å². The van der Waals surface area contributed by atoms with Crippen molar-refractivity contribution in [2.45, 2.75) is 25.2 Å². The van der Waals surface area contributed by atoms with Crippen LogP contribution < -0.4 is 5.32 Å². The van der Waals surface area contributed by atoms with Crippen molar-refractivity contribution >= 4 is 23.9 Å². The number of amidine groups is 1. The molecule has 1 N–H and O–H groups in total. The van der Waals surface area contributed by atoms with Crippen molar-refractivity contribution in [1.82, 2.24) is 19.8 Å². The zero-order valence-electron chi connectivity index (χ0n) is 18.0. The number of hydrogen-bond acceptors (Lipinski definition) is 7. The third kappa shape index (κ3) is 5.02. The third-order valence-electron chi connectivity index (χ3n) is 5.43. The summed E-state index contributed by atoms with van der Waals surface area (Å²) in [5, 5.41) is 2.73. The maximum atomic E-state index is 13.0. The smallest absolute Gasteiger partial charge is 0.355 e. The molecule has 2 aliphatic heterocycles. The summed E-state index contributed by atoms with van der Waals surface area (Å²) in [6, 6.07) is 5.20. The Morgan fingerprint density at radius 2 is 2.06 bits per heavy atom. The first-order chi connectivity index (χ1) is 15.7. The average molecular weight is 457 g/mol. The van der Waals surface area contributed by atoms with Crippen LogP contribution in [0.25, 0.3) is 0 Å². The van der Waals surface area contributed by atoms with Crippen molar-refractivity contribution in [3.8, 4) is 0 Å². The van der Waals surface area contributed by atoms with Gasteiger partial charge in [0, 0.05) is 37.7 Å². The molecule has 1 amide bonds. The topological polar surface area (TPSA) is 86.1 Å². The van der Waals surface area contributed by atoms with Crippen LogP contribution in [0.15, 0.2) is 58.9 Å². The predicted molar refractivity (Wildman–Crippen MR) is 118 cm³/mol. The minimum absolute atomic E-state index is 0.0119. The van der Waals surface area contributed by atoms with Crippen LogP contribution in [0.4, 0.5) is 19.0 Å². The molecule has 11 heteroatoms. The number of amides is 1. The molecule has 8 nitrogen and oxygen atoms in total. The van der Waals surface area contributed by atoms with E-state index in [4.69, 9.17) is 0 Å². The molecule has 33 heavy (non-hydrogen) atoms. The molecule has 2 aromatic heterocycles. The number of halogens is 3. The van der Waals surface area contributed by atoms with Crippen molar-refractivity contribution in [2.24, 2.45) is 9.98 Å². The number of aromatic nitrogens is 2. The molecule has 0 aromatic carbocycles. The van der Waals surface area contributed by atoms with Gasteiger partial charge in [-0.3, -0.25) is 14.8 Å². The van der Waals surface area contributed by atoms with Gasteiger partial charge in [-0.15, -0.1) is 0 Å². The number of rotatable bonds is 5. The Kier molecular flexibility index (Phi) is 6.12. The molecule has 0 radical (unpaired) electrons. The van der Waals surface area contributed by atoms with E-state index in [1.165, 1.54) is 12.4 Å². The van der Waals surface area contributed by atoms with Gasteiger partial charge in [0.1, 0.15) is 17.3 Å². The maximum Gasteiger partial charge on any atom is 0.433 e. The van der Waals surface area contributed by atoms with E-state index in [1.54, 1.807) is 23.4 Å². The lowest BCUT2D eigenvalue weighted by molar-refractivity contribution is -0.141. The molecule has 172 valence electrons. The Hall–Kier alpha value is -3.76. The van der Waals surface area contributed by atoms with Crippen LogP contribution in [0, 0.1) is 0 Å². The highest BCUT2D eigenvalue weighted by atomic mass is 19.4. The molecule has 0 spiro atoms. The monoisotopic (exact) mass is 457 g/mol. The van der Waals surface area contributed by atoms with Crippen LogP contribution in [0.3, 0.4) is 0 Å². The molecule has 2 unspecified atom stereocenters. The fraction of sp³-hybridized carbons (Fsp3) is 0.318. The van der Waals surface area contributed by atoms with Gasteiger partial charge in [-0.2, -0.15) is 13.2 Å². The largest absolute Gasteiger partial charge is 0.433 e. The third-order valence-corrected chi connectivity index (χ3v) is 5.43. The van der Waals surface area contributed by atoms with E-state index < -0.39 is 17.9 Å². The standard InChI is InChI=1S/C22H22F3N7O/c1-14-20(15-6-8-26-17(10-15)22(23,24)25)29-13-32(14)12-19(33)30-18-5-4-16(11-28-18)21-27-7-3-9-31(21)2/h3-8,10-11,13-14,20H,9,12H2,1-2H3,(H,28,30,33). The first-order valence-corrected chi connectivity index (χ1v) is 10.2. The minimum atomic E-state index is -4.53. The van der Waals surface area contributed by atoms with E-state index in [0.29, 0.717) is 11.4 Å². The molecule has 2 aliphatic rings. The second-order valence-corrected chi connectivity index (χ2v) is 7.79. The van der Waals surface area contributed by atoms with Crippen LogP contribution in [-0.4, -0.2) is 64.0 Å². The molecule has 4 rings (SSSR count). The molecule has 0 saturated carbocycles. The number of alkyl halides is 3. The SMILES string of the molecule is CC1C(c2ccnc(C(F)(F)F)c2)N=CN1CC(=O)Nc1ccc(C2=NC=CCN2C)cn1. The number of likely N-dealkylation sites (N-methyl/N-ethyl adjacent to an activating group) is 1. The summed E-state index contributed by atoms with van der Waals surface area (Å²) in [6.07, 6.45) is 3.42. The normalized spacial score (nSPS) is 20.2. The fourth-order valence-electron chi connectivity index (χ4n) is 3.66. The van der Waals surface area contributed by atoms with E-state index in [-0.39, 0.29) is 18.5 Å². The summed E-state index contributed by atoms with van der Waals surface area (Å²) < 4.78 is 38.9. The maximum absolute atomic E-state index is 13.0. The van der Waals surface area contributed by atoms with Gasteiger partial charge < -0.3 is 15.1 Å². The van der Waals surface area contributed by atoms with Crippen LogP contribution in [0.2, 0.25) is 0 Å². The fourth-order valence-corrected chi connectivity index (χ4v) is 3.66. The number of carbonyl (C=O) groups is 1. The lowest BCUT2D eigenvalue weighted by Gasteiger charge is -2.24. The average Bonchev–Trinajstić information content (AvgIpc) is 3.14.